The van der Waals surface area contributed by atoms with E-state index in [9.17, 15) is 4.79 Å². The number of anilines is 2. The van der Waals surface area contributed by atoms with Crippen LogP contribution in [-0.2, 0) is 19.6 Å². The predicted molar refractivity (Wildman–Crippen MR) is 169 cm³/mol. The molecule has 1 unspecified atom stereocenters. The number of piperazine rings is 1. The van der Waals surface area contributed by atoms with Crippen LogP contribution in [0.4, 0.5) is 16.2 Å². The van der Waals surface area contributed by atoms with Gasteiger partial charge in [-0.3, -0.25) is 14.7 Å². The van der Waals surface area contributed by atoms with Crippen molar-refractivity contribution in [3.8, 4) is 11.1 Å². The van der Waals surface area contributed by atoms with Crippen molar-refractivity contribution in [2.45, 2.75) is 32.6 Å². The number of rotatable bonds is 6. The van der Waals surface area contributed by atoms with Gasteiger partial charge in [-0.25, -0.2) is 4.79 Å². The maximum absolute atomic E-state index is 13.4. The lowest BCUT2D eigenvalue weighted by Gasteiger charge is -2.40. The van der Waals surface area contributed by atoms with Gasteiger partial charge in [-0.15, -0.1) is 0 Å². The second-order valence-electron chi connectivity index (χ2n) is 10.7. The number of urea groups is 1. The maximum Gasteiger partial charge on any atom is 0.326 e. The highest BCUT2D eigenvalue weighted by atomic mass is 35.5. The van der Waals surface area contributed by atoms with E-state index in [1.807, 2.05) is 24.3 Å². The molecule has 0 saturated carbocycles. The first-order chi connectivity index (χ1) is 19.9. The summed E-state index contributed by atoms with van der Waals surface area (Å²) >= 11 is 20.0. The molecule has 1 atom stereocenters. The Balaban J connectivity index is 1.36. The number of carbonyl (C=O) groups excluding carboxylic acids is 1. The summed E-state index contributed by atoms with van der Waals surface area (Å²) in [4.78, 5) is 20.0. The summed E-state index contributed by atoms with van der Waals surface area (Å²) in [5, 5.41) is 4.50. The van der Waals surface area contributed by atoms with Crippen LogP contribution in [0, 0.1) is 0 Å². The number of halogens is 3. The van der Waals surface area contributed by atoms with Gasteiger partial charge in [-0.05, 0) is 53.9 Å². The Morgan fingerprint density at radius 1 is 0.780 bits per heavy atom. The molecule has 8 heteroatoms. The lowest BCUT2D eigenvalue weighted by Crippen LogP contribution is -2.50. The van der Waals surface area contributed by atoms with Gasteiger partial charge in [0.25, 0.3) is 0 Å². The van der Waals surface area contributed by atoms with Crippen molar-refractivity contribution in [1.29, 1.82) is 0 Å². The van der Waals surface area contributed by atoms with Gasteiger partial charge >= 0.3 is 6.03 Å². The first-order valence-corrected chi connectivity index (χ1v) is 15.0. The molecule has 4 aromatic carbocycles. The summed E-state index contributed by atoms with van der Waals surface area (Å²) in [5.41, 5.74) is 6.57. The highest BCUT2D eigenvalue weighted by Crippen LogP contribution is 2.44. The summed E-state index contributed by atoms with van der Waals surface area (Å²) in [6.45, 7) is 7.27. The van der Waals surface area contributed by atoms with Crippen LogP contribution in [0.25, 0.3) is 11.1 Å². The van der Waals surface area contributed by atoms with E-state index in [0.29, 0.717) is 33.3 Å². The molecule has 2 aliphatic heterocycles. The average Bonchev–Trinajstić information content (AvgIpc) is 2.96. The van der Waals surface area contributed by atoms with E-state index in [2.05, 4.69) is 64.5 Å². The van der Waals surface area contributed by atoms with Crippen molar-refractivity contribution in [2.24, 2.45) is 0 Å². The van der Waals surface area contributed by atoms with Gasteiger partial charge < -0.3 is 5.32 Å². The molecule has 6 rings (SSSR count). The van der Waals surface area contributed by atoms with E-state index >= 15 is 0 Å². The number of fused-ring (bicyclic) bond motifs is 1. The van der Waals surface area contributed by atoms with E-state index in [0.717, 1.165) is 60.7 Å². The Hall–Kier alpha value is -3.06. The molecule has 2 heterocycles. The van der Waals surface area contributed by atoms with Gasteiger partial charge in [-0.2, -0.15) is 0 Å². The number of nitrogens with one attached hydrogen (secondary N) is 1. The number of benzene rings is 4. The fraction of sp³-hybridized carbons (Fsp3) is 0.242. The molecule has 0 spiro atoms. The Kier molecular flexibility index (Phi) is 8.25. The topological polar surface area (TPSA) is 38.8 Å². The molecular weight excluding hydrogens is 575 g/mol. The van der Waals surface area contributed by atoms with Gasteiger partial charge in [0, 0.05) is 61.5 Å². The van der Waals surface area contributed by atoms with E-state index in [1.165, 1.54) is 5.56 Å². The lowest BCUT2D eigenvalue weighted by atomic mass is 9.93. The summed E-state index contributed by atoms with van der Waals surface area (Å²) in [6, 6.07) is 28.2. The Bertz CT molecular complexity index is 1560. The van der Waals surface area contributed by atoms with E-state index in [4.69, 9.17) is 34.8 Å². The van der Waals surface area contributed by atoms with Crippen molar-refractivity contribution in [3.05, 3.63) is 117 Å². The highest BCUT2D eigenvalue weighted by Gasteiger charge is 2.32. The number of nitrogens with zero attached hydrogens (tertiary/aromatic N) is 3. The van der Waals surface area contributed by atoms with Gasteiger partial charge in [0.05, 0.1) is 21.4 Å². The maximum atomic E-state index is 13.4. The Morgan fingerprint density at radius 3 is 2.22 bits per heavy atom. The highest BCUT2D eigenvalue weighted by molar-refractivity contribution is 6.40. The number of carbonyl (C=O) groups is 1. The molecule has 2 aliphatic rings. The Morgan fingerprint density at radius 2 is 1.49 bits per heavy atom. The van der Waals surface area contributed by atoms with E-state index in [1.54, 1.807) is 23.1 Å². The molecule has 0 bridgehead atoms. The van der Waals surface area contributed by atoms with Crippen LogP contribution in [0.3, 0.4) is 0 Å². The third-order valence-electron chi connectivity index (χ3n) is 7.96. The first kappa shape index (κ1) is 28.1. The Labute approximate surface area is 256 Å². The summed E-state index contributed by atoms with van der Waals surface area (Å²) in [6.07, 6.45) is 0. The molecule has 0 aromatic heterocycles. The molecule has 2 amide bonds. The van der Waals surface area contributed by atoms with Crippen LogP contribution < -0.4 is 10.2 Å². The minimum Gasteiger partial charge on any atom is -0.333 e. The third-order valence-corrected chi connectivity index (χ3v) is 8.90. The monoisotopic (exact) mass is 604 g/mol. The predicted octanol–water partition coefficient (Wildman–Crippen LogP) is 8.38. The molecule has 1 N–H and O–H groups in total. The molecule has 5 nitrogen and oxygen atoms in total. The summed E-state index contributed by atoms with van der Waals surface area (Å²) in [5.74, 6) is 0. The van der Waals surface area contributed by atoms with Crippen LogP contribution >= 0.6 is 34.8 Å². The zero-order chi connectivity index (χ0) is 28.5. The molecule has 0 aliphatic carbocycles. The van der Waals surface area contributed by atoms with Gasteiger partial charge in [0.2, 0.25) is 0 Å². The number of para-hydroxylation sites is 1. The molecule has 0 radical (unpaired) electrons. The second kappa shape index (κ2) is 12.0. The fourth-order valence-electron chi connectivity index (χ4n) is 5.91. The molecular formula is C33H31Cl3N4O. The second-order valence-corrected chi connectivity index (χ2v) is 11.9. The lowest BCUT2D eigenvalue weighted by molar-refractivity contribution is 0.0733. The van der Waals surface area contributed by atoms with Gasteiger partial charge in [0.15, 0.2) is 0 Å². The van der Waals surface area contributed by atoms with Crippen LogP contribution in [0.15, 0.2) is 84.9 Å². The standard InChI is InChI=1S/C33H31Cl3N4O/c1-22-19-38(14-15-39(22)21-23-8-3-2-4-9-23)20-24-16-26(25-10-5-6-11-28(25)34)27-18-37-33(41)40(31(27)17-24)32-29(35)12-7-13-30(32)36/h2-13,16-17,22H,14-15,18-21H2,1H3,(H,37,41). The smallest absolute Gasteiger partial charge is 0.326 e. The first-order valence-electron chi connectivity index (χ1n) is 13.8. The fourth-order valence-corrected chi connectivity index (χ4v) is 6.72. The van der Waals surface area contributed by atoms with E-state index in [-0.39, 0.29) is 6.03 Å². The quantitative estimate of drug-likeness (QED) is 0.240. The molecule has 4 aromatic rings. The summed E-state index contributed by atoms with van der Waals surface area (Å²) in [7, 11) is 0. The molecule has 1 fully saturated rings. The zero-order valence-electron chi connectivity index (χ0n) is 22.8. The minimum atomic E-state index is -0.266. The van der Waals surface area contributed by atoms with Crippen molar-refractivity contribution < 1.29 is 4.79 Å². The number of hydrogen-bond donors (Lipinski definition) is 1. The van der Waals surface area contributed by atoms with Crippen LogP contribution in [-0.4, -0.2) is 41.5 Å². The van der Waals surface area contributed by atoms with Gasteiger partial charge in [-0.1, -0.05) is 89.4 Å². The minimum absolute atomic E-state index is 0.266. The normalized spacial score (nSPS) is 17.8. The number of hydrogen-bond acceptors (Lipinski definition) is 3. The average molecular weight is 606 g/mol. The van der Waals surface area contributed by atoms with Crippen molar-refractivity contribution in [3.63, 3.8) is 0 Å². The molecule has 210 valence electrons. The van der Waals surface area contributed by atoms with E-state index < -0.39 is 0 Å². The SMILES string of the molecule is CC1CN(Cc2cc(-c3ccccc3Cl)c3c(c2)N(c2c(Cl)cccc2Cl)C(=O)NC3)CCN1Cc1ccccc1. The largest absolute Gasteiger partial charge is 0.333 e. The zero-order valence-corrected chi connectivity index (χ0v) is 25.1. The molecule has 1 saturated heterocycles. The third kappa shape index (κ3) is 5.83. The molecule has 41 heavy (non-hydrogen) atoms. The van der Waals surface area contributed by atoms with Crippen LogP contribution in [0.5, 0.6) is 0 Å². The van der Waals surface area contributed by atoms with Crippen molar-refractivity contribution in [2.75, 3.05) is 24.5 Å². The van der Waals surface area contributed by atoms with Crippen LogP contribution in [0.2, 0.25) is 15.1 Å². The van der Waals surface area contributed by atoms with Crippen LogP contribution in [0.1, 0.15) is 23.6 Å². The van der Waals surface area contributed by atoms with Gasteiger partial charge in [0.1, 0.15) is 0 Å². The van der Waals surface area contributed by atoms with Crippen molar-refractivity contribution in [1.82, 2.24) is 15.1 Å². The number of amides is 2. The van der Waals surface area contributed by atoms with Crippen molar-refractivity contribution >= 4 is 52.2 Å². The summed E-state index contributed by atoms with van der Waals surface area (Å²) < 4.78 is 0.